The number of halogens is 4. The van der Waals surface area contributed by atoms with Crippen molar-refractivity contribution >= 4 is 17.0 Å². The average Bonchev–Trinajstić information content (AvgIpc) is 3.63. The first-order chi connectivity index (χ1) is 18.1. The Kier molecular flexibility index (Phi) is 5.70. The molecule has 1 unspecified atom stereocenters. The van der Waals surface area contributed by atoms with Crippen molar-refractivity contribution in [1.29, 1.82) is 0 Å². The maximum atomic E-state index is 15.1. The third-order valence-electron chi connectivity index (χ3n) is 6.95. The Balaban J connectivity index is 1.45. The monoisotopic (exact) mass is 529 g/mol. The quantitative estimate of drug-likeness (QED) is 0.370. The number of hydrogen-bond acceptors (Lipinski definition) is 7. The van der Waals surface area contributed by atoms with Crippen molar-refractivity contribution in [3.05, 3.63) is 63.7 Å². The highest BCUT2D eigenvalue weighted by Crippen LogP contribution is 2.36. The summed E-state index contributed by atoms with van der Waals surface area (Å²) in [5, 5.41) is 4.42. The average molecular weight is 529 g/mol. The number of morpholine rings is 1. The topological polar surface area (TPSA) is 91.0 Å². The number of benzene rings is 1. The highest BCUT2D eigenvalue weighted by Gasteiger charge is 2.33. The second-order valence-electron chi connectivity index (χ2n) is 9.58. The van der Waals surface area contributed by atoms with Crippen molar-refractivity contribution in [2.75, 3.05) is 24.6 Å². The van der Waals surface area contributed by atoms with Gasteiger partial charge in [-0.15, -0.1) is 0 Å². The summed E-state index contributed by atoms with van der Waals surface area (Å²) in [4.78, 5) is 28.4. The molecule has 1 aliphatic carbocycles. The minimum absolute atomic E-state index is 0.0172. The molecule has 0 spiro atoms. The van der Waals surface area contributed by atoms with Gasteiger partial charge in [-0.1, -0.05) is 0 Å². The molecule has 4 aromatic rings. The van der Waals surface area contributed by atoms with Crippen LogP contribution < -0.4 is 10.5 Å². The van der Waals surface area contributed by atoms with Crippen LogP contribution >= 0.6 is 0 Å². The van der Waals surface area contributed by atoms with E-state index in [1.54, 1.807) is 13.1 Å². The number of nitrogens with zero attached hydrogens (tertiary/aromatic N) is 7. The van der Waals surface area contributed by atoms with Crippen molar-refractivity contribution in [3.63, 3.8) is 0 Å². The van der Waals surface area contributed by atoms with Gasteiger partial charge in [-0.25, -0.2) is 19.3 Å². The lowest BCUT2D eigenvalue weighted by Gasteiger charge is -2.32. The lowest BCUT2D eigenvalue weighted by molar-refractivity contribution is -0.137. The molecule has 3 aromatic heterocycles. The molecule has 13 heteroatoms. The first-order valence-electron chi connectivity index (χ1n) is 12.1. The van der Waals surface area contributed by atoms with Crippen LogP contribution in [0.25, 0.3) is 22.3 Å². The second-order valence-corrected chi connectivity index (χ2v) is 9.58. The summed E-state index contributed by atoms with van der Waals surface area (Å²) >= 11 is 0. The molecule has 1 saturated heterocycles. The number of fused-ring (bicyclic) bond motifs is 1. The molecule has 0 amide bonds. The summed E-state index contributed by atoms with van der Waals surface area (Å²) in [5.41, 5.74) is -1.00. The van der Waals surface area contributed by atoms with Gasteiger partial charge in [-0.2, -0.15) is 18.3 Å². The number of ether oxygens (including phenoxy) is 1. The highest BCUT2D eigenvalue weighted by atomic mass is 19.4. The van der Waals surface area contributed by atoms with Crippen molar-refractivity contribution < 1.29 is 22.3 Å². The summed E-state index contributed by atoms with van der Waals surface area (Å²) in [6.45, 7) is 2.68. The zero-order valence-corrected chi connectivity index (χ0v) is 20.5. The smallest absolute Gasteiger partial charge is 0.370 e. The van der Waals surface area contributed by atoms with Crippen molar-refractivity contribution in [2.45, 2.75) is 38.1 Å². The summed E-state index contributed by atoms with van der Waals surface area (Å²) in [6.07, 6.45) is 0.864. The zero-order valence-electron chi connectivity index (χ0n) is 20.5. The number of hydrogen-bond donors (Lipinski definition) is 0. The summed E-state index contributed by atoms with van der Waals surface area (Å²) in [6, 6.07) is 2.62. The van der Waals surface area contributed by atoms with E-state index in [-0.39, 0.29) is 34.3 Å². The van der Waals surface area contributed by atoms with Crippen LogP contribution in [0.3, 0.4) is 0 Å². The van der Waals surface area contributed by atoms with Gasteiger partial charge in [-0.05, 0) is 38.0 Å². The second kappa shape index (κ2) is 8.86. The molecule has 2 fully saturated rings. The highest BCUT2D eigenvalue weighted by molar-refractivity contribution is 5.89. The van der Waals surface area contributed by atoms with E-state index in [9.17, 15) is 18.0 Å². The first kappa shape index (κ1) is 24.5. The number of aromatic nitrogens is 6. The van der Waals surface area contributed by atoms with Gasteiger partial charge in [0.15, 0.2) is 5.52 Å². The summed E-state index contributed by atoms with van der Waals surface area (Å²) in [7, 11) is 1.53. The number of anilines is 1. The van der Waals surface area contributed by atoms with E-state index in [0.717, 1.165) is 30.5 Å². The number of aryl methyl sites for hydroxylation is 1. The van der Waals surface area contributed by atoms with Gasteiger partial charge in [-0.3, -0.25) is 14.0 Å². The van der Waals surface area contributed by atoms with E-state index in [4.69, 9.17) is 4.74 Å². The predicted molar refractivity (Wildman–Crippen MR) is 129 cm³/mol. The summed E-state index contributed by atoms with van der Waals surface area (Å²) in [5.74, 6) is -0.665. The molecule has 0 bridgehead atoms. The van der Waals surface area contributed by atoms with Crippen LogP contribution in [0.1, 0.15) is 41.9 Å². The molecular formula is C25H23F4N7O2. The molecule has 1 atom stereocenters. The Labute approximate surface area is 213 Å². The Morgan fingerprint density at radius 3 is 2.61 bits per heavy atom. The molecule has 1 saturated carbocycles. The third kappa shape index (κ3) is 4.30. The Hall–Kier alpha value is -3.87. The van der Waals surface area contributed by atoms with Crippen LogP contribution in [-0.2, 0) is 18.0 Å². The fraction of sp³-hybridized carbons (Fsp3) is 0.400. The molecule has 38 heavy (non-hydrogen) atoms. The lowest BCUT2D eigenvalue weighted by Crippen LogP contribution is -2.39. The van der Waals surface area contributed by atoms with E-state index in [1.807, 2.05) is 15.8 Å². The van der Waals surface area contributed by atoms with Gasteiger partial charge in [0.1, 0.15) is 29.0 Å². The Morgan fingerprint density at radius 1 is 1.11 bits per heavy atom. The van der Waals surface area contributed by atoms with Crippen LogP contribution in [0.5, 0.6) is 0 Å². The van der Waals surface area contributed by atoms with Crippen LogP contribution in [-0.4, -0.2) is 49.0 Å². The van der Waals surface area contributed by atoms with E-state index in [0.29, 0.717) is 37.6 Å². The van der Waals surface area contributed by atoms with Crippen molar-refractivity contribution in [1.82, 2.24) is 29.3 Å². The van der Waals surface area contributed by atoms with Gasteiger partial charge in [0, 0.05) is 30.9 Å². The van der Waals surface area contributed by atoms with Crippen molar-refractivity contribution in [3.8, 4) is 11.3 Å². The van der Waals surface area contributed by atoms with Crippen LogP contribution in [0.15, 0.2) is 35.4 Å². The lowest BCUT2D eigenvalue weighted by atomic mass is 10.1. The number of alkyl halides is 3. The summed E-state index contributed by atoms with van der Waals surface area (Å²) < 4.78 is 63.8. The Bertz CT molecular complexity index is 1610. The van der Waals surface area contributed by atoms with E-state index >= 15 is 4.39 Å². The van der Waals surface area contributed by atoms with Gasteiger partial charge in [0.05, 0.1) is 31.0 Å². The van der Waals surface area contributed by atoms with Crippen molar-refractivity contribution in [2.24, 2.45) is 7.05 Å². The molecule has 0 N–H and O–H groups in total. The molecule has 0 radical (unpaired) electrons. The van der Waals surface area contributed by atoms with Crippen LogP contribution in [0.4, 0.5) is 23.5 Å². The standard InChI is InChI=1S/C25H23F4N7O2/c1-13-31-21-20(17-6-3-15(9-18(17)26)25(27,28)29)32-24(33-22(21)23(37)34(13)2)35-7-8-38-19(12-35)14-10-30-36(11-14)16-4-5-16/h3,6,9-11,16,19H,4-5,7-8,12H2,1-2H3. The third-order valence-corrected chi connectivity index (χ3v) is 6.95. The molecule has 1 aliphatic heterocycles. The van der Waals surface area contributed by atoms with Gasteiger partial charge >= 0.3 is 6.18 Å². The fourth-order valence-electron chi connectivity index (χ4n) is 4.54. The number of rotatable bonds is 4. The molecule has 6 rings (SSSR count). The van der Waals surface area contributed by atoms with Crippen LogP contribution in [0, 0.1) is 12.7 Å². The first-order valence-corrected chi connectivity index (χ1v) is 12.1. The molecule has 2 aliphatic rings. The maximum absolute atomic E-state index is 15.1. The molecule has 198 valence electrons. The SMILES string of the molecule is Cc1nc2c(-c3ccc(C(F)(F)F)cc3F)nc(N3CCOC(c4cnn(C5CC5)c4)C3)nc2c(=O)n1C. The normalized spacial score (nSPS) is 18.4. The maximum Gasteiger partial charge on any atom is 0.416 e. The largest absolute Gasteiger partial charge is 0.416 e. The molecule has 4 heterocycles. The minimum atomic E-state index is -4.71. The van der Waals surface area contributed by atoms with Crippen LogP contribution in [0.2, 0.25) is 0 Å². The van der Waals surface area contributed by atoms with E-state index in [1.165, 1.54) is 11.6 Å². The molecule has 9 nitrogen and oxygen atoms in total. The molecule has 1 aromatic carbocycles. The minimum Gasteiger partial charge on any atom is -0.370 e. The fourth-order valence-corrected chi connectivity index (χ4v) is 4.54. The molecular weight excluding hydrogens is 506 g/mol. The van der Waals surface area contributed by atoms with Gasteiger partial charge in [0.25, 0.3) is 5.56 Å². The predicted octanol–water partition coefficient (Wildman–Crippen LogP) is 3.97. The van der Waals surface area contributed by atoms with Gasteiger partial charge < -0.3 is 9.64 Å². The Morgan fingerprint density at radius 2 is 1.89 bits per heavy atom. The van der Waals surface area contributed by atoms with Gasteiger partial charge in [0.2, 0.25) is 5.95 Å². The van der Waals surface area contributed by atoms with E-state index < -0.39 is 23.1 Å². The zero-order chi connectivity index (χ0) is 26.8. The van der Waals surface area contributed by atoms with E-state index in [2.05, 4.69) is 20.1 Å².